The molecule has 1 aromatic carbocycles. The number of nitro groups is 1. The molecule has 0 atom stereocenters. The lowest BCUT2D eigenvalue weighted by Crippen LogP contribution is -2.15. The molecule has 0 saturated carbocycles. The monoisotopic (exact) mass is 270 g/mol. The van der Waals surface area contributed by atoms with Gasteiger partial charge >= 0.3 is 5.69 Å². The molecule has 0 aliphatic heterocycles. The van der Waals surface area contributed by atoms with Gasteiger partial charge in [0.2, 0.25) is 11.6 Å². The lowest BCUT2D eigenvalue weighted by atomic mass is 10.2. The van der Waals surface area contributed by atoms with Crippen LogP contribution >= 0.6 is 0 Å². The van der Waals surface area contributed by atoms with Gasteiger partial charge in [0.15, 0.2) is 0 Å². The molecule has 0 spiro atoms. The Morgan fingerprint density at radius 2 is 2.00 bits per heavy atom. The van der Waals surface area contributed by atoms with E-state index in [-0.39, 0.29) is 17.3 Å². The van der Waals surface area contributed by atoms with Crippen LogP contribution in [0.3, 0.4) is 0 Å². The van der Waals surface area contributed by atoms with E-state index >= 15 is 0 Å². The Kier molecular flexibility index (Phi) is 3.43. The third-order valence-corrected chi connectivity index (χ3v) is 2.72. The highest BCUT2D eigenvalue weighted by atomic mass is 16.6. The van der Waals surface area contributed by atoms with E-state index in [0.717, 1.165) is 6.33 Å². The number of aromatic nitrogens is 2. The van der Waals surface area contributed by atoms with Crippen LogP contribution in [0.5, 0.6) is 0 Å². The quantitative estimate of drug-likeness (QED) is 0.663. The molecule has 0 radical (unpaired) electrons. The van der Waals surface area contributed by atoms with Crippen molar-refractivity contribution in [3.63, 3.8) is 0 Å². The van der Waals surface area contributed by atoms with Crippen LogP contribution < -0.4 is 10.6 Å². The highest BCUT2D eigenvalue weighted by Gasteiger charge is 2.24. The Bertz CT molecular complexity index is 692. The van der Waals surface area contributed by atoms with E-state index < -0.39 is 4.92 Å². The fourth-order valence-corrected chi connectivity index (χ4v) is 1.69. The third kappa shape index (κ3) is 2.32. The summed E-state index contributed by atoms with van der Waals surface area (Å²) in [6.07, 6.45) is 1.16. The molecular weight excluding hydrogens is 260 g/mol. The molecule has 1 heterocycles. The van der Waals surface area contributed by atoms with Gasteiger partial charge in [0, 0.05) is 12.7 Å². The van der Waals surface area contributed by atoms with Crippen LogP contribution in [0.1, 0.15) is 5.56 Å². The lowest BCUT2D eigenvalue weighted by molar-refractivity contribution is -0.383. The first-order valence-corrected chi connectivity index (χ1v) is 5.53. The minimum Gasteiger partial charge on any atom is -0.378 e. The Labute approximate surface area is 114 Å². The molecule has 2 aromatic rings. The molecule has 8 nitrogen and oxygen atoms in total. The summed E-state index contributed by atoms with van der Waals surface area (Å²) in [5.74, 6) is -0.104. The minimum atomic E-state index is -0.620. The number of nitriles is 1. The summed E-state index contributed by atoms with van der Waals surface area (Å²) in [5, 5.41) is 19.8. The summed E-state index contributed by atoms with van der Waals surface area (Å²) < 4.78 is 0. The molecule has 0 unspecified atom stereocenters. The minimum absolute atomic E-state index is 0.0900. The smallest absolute Gasteiger partial charge is 0.353 e. The number of hydrogen-bond acceptors (Lipinski definition) is 7. The topological polar surface area (TPSA) is 122 Å². The lowest BCUT2D eigenvalue weighted by Gasteiger charge is -2.18. The molecule has 100 valence electrons. The number of benzene rings is 1. The molecule has 2 N–H and O–H groups in total. The number of nitrogens with two attached hydrogens (primary N) is 1. The predicted octanol–water partition coefficient (Wildman–Crippen LogP) is 1.61. The Morgan fingerprint density at radius 3 is 2.55 bits per heavy atom. The molecule has 0 amide bonds. The van der Waals surface area contributed by atoms with E-state index in [2.05, 4.69) is 9.97 Å². The van der Waals surface area contributed by atoms with Crippen molar-refractivity contribution in [2.75, 3.05) is 17.7 Å². The largest absolute Gasteiger partial charge is 0.378 e. The van der Waals surface area contributed by atoms with Gasteiger partial charge in [-0.25, -0.2) is 9.97 Å². The maximum absolute atomic E-state index is 11.1. The second-order valence-corrected chi connectivity index (χ2v) is 3.91. The number of nitrogen functional groups attached to an aromatic ring is 1. The van der Waals surface area contributed by atoms with Crippen LogP contribution in [-0.2, 0) is 0 Å². The first kappa shape index (κ1) is 13.2. The molecule has 0 aliphatic rings. The zero-order chi connectivity index (χ0) is 14.7. The summed E-state index contributed by atoms with van der Waals surface area (Å²) in [4.78, 5) is 19.5. The van der Waals surface area contributed by atoms with Gasteiger partial charge in [-0.05, 0) is 24.3 Å². The number of rotatable bonds is 3. The zero-order valence-corrected chi connectivity index (χ0v) is 10.5. The fraction of sp³-hybridized carbons (Fsp3) is 0.0833. The second-order valence-electron chi connectivity index (χ2n) is 3.91. The van der Waals surface area contributed by atoms with Crippen molar-refractivity contribution in [3.05, 3.63) is 46.3 Å². The van der Waals surface area contributed by atoms with E-state index in [1.54, 1.807) is 31.3 Å². The van der Waals surface area contributed by atoms with Crippen molar-refractivity contribution in [3.8, 4) is 6.07 Å². The van der Waals surface area contributed by atoms with Gasteiger partial charge in [0.05, 0.1) is 16.6 Å². The number of anilines is 3. The number of nitrogens with zero attached hydrogens (tertiary/aromatic N) is 5. The molecule has 2 rings (SSSR count). The van der Waals surface area contributed by atoms with Crippen molar-refractivity contribution >= 4 is 23.0 Å². The van der Waals surface area contributed by atoms with Crippen LogP contribution in [-0.4, -0.2) is 21.9 Å². The summed E-state index contributed by atoms with van der Waals surface area (Å²) in [5.41, 5.74) is 6.32. The first-order chi connectivity index (χ1) is 9.54. The Morgan fingerprint density at radius 1 is 1.35 bits per heavy atom. The summed E-state index contributed by atoms with van der Waals surface area (Å²) in [6, 6.07) is 8.56. The summed E-state index contributed by atoms with van der Waals surface area (Å²) in [6.45, 7) is 0. The van der Waals surface area contributed by atoms with E-state index in [1.807, 2.05) is 6.07 Å². The Balaban J connectivity index is 2.48. The van der Waals surface area contributed by atoms with Crippen LogP contribution in [0.25, 0.3) is 0 Å². The molecule has 8 heteroatoms. The average Bonchev–Trinajstić information content (AvgIpc) is 2.46. The summed E-state index contributed by atoms with van der Waals surface area (Å²) in [7, 11) is 1.62. The van der Waals surface area contributed by atoms with Crippen molar-refractivity contribution in [2.24, 2.45) is 0 Å². The zero-order valence-electron chi connectivity index (χ0n) is 10.5. The fourth-order valence-electron chi connectivity index (χ4n) is 1.69. The predicted molar refractivity (Wildman–Crippen MR) is 72.3 cm³/mol. The highest BCUT2D eigenvalue weighted by Crippen LogP contribution is 2.33. The van der Waals surface area contributed by atoms with E-state index in [4.69, 9.17) is 11.0 Å². The van der Waals surface area contributed by atoms with Gasteiger partial charge in [0.1, 0.15) is 6.33 Å². The summed E-state index contributed by atoms with van der Waals surface area (Å²) >= 11 is 0. The van der Waals surface area contributed by atoms with Crippen molar-refractivity contribution in [1.29, 1.82) is 5.26 Å². The second kappa shape index (κ2) is 5.19. The normalized spacial score (nSPS) is 9.80. The van der Waals surface area contributed by atoms with Gasteiger partial charge in [0.25, 0.3) is 0 Å². The molecule has 0 aliphatic carbocycles. The molecule has 0 bridgehead atoms. The van der Waals surface area contributed by atoms with Crippen molar-refractivity contribution < 1.29 is 4.92 Å². The SMILES string of the molecule is CN(c1ccc(C#N)cc1)c1ncnc(N)c1[N+](=O)[O-]. The highest BCUT2D eigenvalue weighted by molar-refractivity contribution is 5.74. The molecular formula is C12H10N6O2. The van der Waals surface area contributed by atoms with E-state index in [1.165, 1.54) is 4.90 Å². The van der Waals surface area contributed by atoms with E-state index in [9.17, 15) is 10.1 Å². The first-order valence-electron chi connectivity index (χ1n) is 5.53. The van der Waals surface area contributed by atoms with Gasteiger partial charge < -0.3 is 10.6 Å². The molecule has 0 saturated heterocycles. The third-order valence-electron chi connectivity index (χ3n) is 2.72. The maximum Gasteiger partial charge on any atom is 0.353 e. The molecule has 0 fully saturated rings. The standard InChI is InChI=1S/C12H10N6O2/c1-17(9-4-2-8(6-13)3-5-9)12-10(18(19)20)11(14)15-7-16-12/h2-5,7H,1H3,(H2,14,15,16). The van der Waals surface area contributed by atoms with Crippen LogP contribution in [0.15, 0.2) is 30.6 Å². The van der Waals surface area contributed by atoms with Gasteiger partial charge in [-0.15, -0.1) is 0 Å². The average molecular weight is 270 g/mol. The molecule has 20 heavy (non-hydrogen) atoms. The van der Waals surface area contributed by atoms with Gasteiger partial charge in [-0.1, -0.05) is 0 Å². The van der Waals surface area contributed by atoms with E-state index in [0.29, 0.717) is 11.3 Å². The van der Waals surface area contributed by atoms with Crippen molar-refractivity contribution in [2.45, 2.75) is 0 Å². The maximum atomic E-state index is 11.1. The van der Waals surface area contributed by atoms with Crippen LogP contribution in [0, 0.1) is 21.4 Å². The van der Waals surface area contributed by atoms with Crippen LogP contribution in [0.4, 0.5) is 23.0 Å². The van der Waals surface area contributed by atoms with Gasteiger partial charge in [-0.2, -0.15) is 5.26 Å². The Hall–Kier alpha value is -3.21. The van der Waals surface area contributed by atoms with Gasteiger partial charge in [-0.3, -0.25) is 10.1 Å². The molecule has 1 aromatic heterocycles. The number of hydrogen-bond donors (Lipinski definition) is 1. The van der Waals surface area contributed by atoms with Crippen molar-refractivity contribution in [1.82, 2.24) is 9.97 Å². The van der Waals surface area contributed by atoms with Crippen LogP contribution in [0.2, 0.25) is 0 Å².